The van der Waals surface area contributed by atoms with Gasteiger partial charge in [-0.3, -0.25) is 14.5 Å². The predicted octanol–water partition coefficient (Wildman–Crippen LogP) is -2.23. The fraction of sp³-hybridized carbons (Fsp3) is 0.667. The molecule has 7 heteroatoms. The highest BCUT2D eigenvalue weighted by molar-refractivity contribution is 5.78. The molecule has 0 spiro atoms. The molecule has 0 N–H and O–H groups in total. The van der Waals surface area contributed by atoms with Crippen molar-refractivity contribution in [3.05, 3.63) is 0 Å². The Kier molecular flexibility index (Phi) is 6.09. The minimum Gasteiger partial charge on any atom is -0.548 e. The highest BCUT2D eigenvalue weighted by Gasteiger charge is 2.21. The van der Waals surface area contributed by atoms with E-state index in [1.165, 1.54) is 21.1 Å². The van der Waals surface area contributed by atoms with Gasteiger partial charge >= 0.3 is 11.9 Å². The minimum atomic E-state index is -1.38. The van der Waals surface area contributed by atoms with E-state index in [-0.39, 0.29) is 13.1 Å². The van der Waals surface area contributed by atoms with Gasteiger partial charge in [-0.1, -0.05) is 0 Å². The fourth-order valence-corrected chi connectivity index (χ4v) is 0.940. The van der Waals surface area contributed by atoms with Crippen LogP contribution in [0.25, 0.3) is 0 Å². The van der Waals surface area contributed by atoms with Crippen LogP contribution in [0.3, 0.4) is 0 Å². The van der Waals surface area contributed by atoms with Crippen molar-refractivity contribution in [3.63, 3.8) is 0 Å². The number of aliphatic carboxylic acids is 1. The normalized spacial score (nSPS) is 12.0. The highest BCUT2D eigenvalue weighted by Crippen LogP contribution is 1.99. The lowest BCUT2D eigenvalue weighted by atomic mass is 10.3. The molecular formula is C9H14NO6-. The lowest BCUT2D eigenvalue weighted by molar-refractivity contribution is -0.310. The highest BCUT2D eigenvalue weighted by atomic mass is 16.5. The lowest BCUT2D eigenvalue weighted by Crippen LogP contribution is -2.50. The first kappa shape index (κ1) is 14.4. The molecule has 0 amide bonds. The summed E-state index contributed by atoms with van der Waals surface area (Å²) >= 11 is 0. The van der Waals surface area contributed by atoms with Crippen LogP contribution < -0.4 is 5.11 Å². The number of rotatable bonds is 6. The number of carboxylic acid groups (broad SMARTS) is 1. The molecule has 0 bridgehead atoms. The van der Waals surface area contributed by atoms with E-state index in [2.05, 4.69) is 9.47 Å². The van der Waals surface area contributed by atoms with Gasteiger partial charge in [-0.05, 0) is 6.92 Å². The summed E-state index contributed by atoms with van der Waals surface area (Å²) in [6.45, 7) is 0.669. The van der Waals surface area contributed by atoms with Crippen LogP contribution in [-0.2, 0) is 23.9 Å². The van der Waals surface area contributed by atoms with Gasteiger partial charge < -0.3 is 19.4 Å². The van der Waals surface area contributed by atoms with Crippen molar-refractivity contribution >= 4 is 17.9 Å². The number of hydrogen-bond acceptors (Lipinski definition) is 7. The Morgan fingerprint density at radius 3 is 1.75 bits per heavy atom. The topological polar surface area (TPSA) is 96.0 Å². The van der Waals surface area contributed by atoms with Gasteiger partial charge in [0.25, 0.3) is 0 Å². The Bertz CT molecular complexity index is 259. The van der Waals surface area contributed by atoms with Gasteiger partial charge in [0.15, 0.2) is 0 Å². The van der Waals surface area contributed by atoms with Gasteiger partial charge in [-0.15, -0.1) is 0 Å². The molecule has 1 unspecified atom stereocenters. The molecule has 0 aliphatic heterocycles. The number of carboxylic acids is 1. The van der Waals surface area contributed by atoms with Crippen LogP contribution in [0.2, 0.25) is 0 Å². The van der Waals surface area contributed by atoms with E-state index in [9.17, 15) is 19.5 Å². The van der Waals surface area contributed by atoms with E-state index in [1.54, 1.807) is 0 Å². The third-order valence-corrected chi connectivity index (χ3v) is 2.01. The zero-order valence-corrected chi connectivity index (χ0v) is 9.39. The first-order valence-corrected chi connectivity index (χ1v) is 4.51. The van der Waals surface area contributed by atoms with Gasteiger partial charge in [0.2, 0.25) is 0 Å². The summed E-state index contributed by atoms with van der Waals surface area (Å²) in [7, 11) is 2.34. The van der Waals surface area contributed by atoms with E-state index >= 15 is 0 Å². The van der Waals surface area contributed by atoms with Crippen molar-refractivity contribution in [2.45, 2.75) is 13.0 Å². The Hall–Kier alpha value is -1.63. The molecule has 0 fully saturated rings. The fourth-order valence-electron chi connectivity index (χ4n) is 0.940. The molecule has 1 atom stereocenters. The molecule has 16 heavy (non-hydrogen) atoms. The van der Waals surface area contributed by atoms with Gasteiger partial charge in [0.1, 0.15) is 0 Å². The average Bonchev–Trinajstić information content (AvgIpc) is 2.26. The van der Waals surface area contributed by atoms with E-state index < -0.39 is 23.9 Å². The predicted molar refractivity (Wildman–Crippen MR) is 50.1 cm³/mol. The summed E-state index contributed by atoms with van der Waals surface area (Å²) < 4.78 is 8.76. The molecular weight excluding hydrogens is 218 g/mol. The molecule has 0 saturated heterocycles. The van der Waals surface area contributed by atoms with E-state index in [0.29, 0.717) is 0 Å². The summed E-state index contributed by atoms with van der Waals surface area (Å²) in [5.74, 6) is -2.66. The van der Waals surface area contributed by atoms with Crippen molar-refractivity contribution in [2.75, 3.05) is 27.3 Å². The zero-order valence-electron chi connectivity index (χ0n) is 9.39. The van der Waals surface area contributed by atoms with Crippen LogP contribution in [0, 0.1) is 0 Å². The molecule has 7 nitrogen and oxygen atoms in total. The number of ether oxygens (including phenoxy) is 2. The van der Waals surface area contributed by atoms with Crippen molar-refractivity contribution in [1.29, 1.82) is 0 Å². The van der Waals surface area contributed by atoms with Crippen LogP contribution in [0.5, 0.6) is 0 Å². The quantitative estimate of drug-likeness (QED) is 0.478. The van der Waals surface area contributed by atoms with Gasteiger partial charge in [-0.25, -0.2) is 0 Å². The second-order valence-electron chi connectivity index (χ2n) is 3.05. The van der Waals surface area contributed by atoms with Crippen LogP contribution in [0.1, 0.15) is 6.92 Å². The maximum Gasteiger partial charge on any atom is 0.319 e. The molecule has 0 radical (unpaired) electrons. The third-order valence-electron chi connectivity index (χ3n) is 2.01. The lowest BCUT2D eigenvalue weighted by Gasteiger charge is -2.27. The zero-order chi connectivity index (χ0) is 12.7. The van der Waals surface area contributed by atoms with Gasteiger partial charge in [-0.2, -0.15) is 0 Å². The van der Waals surface area contributed by atoms with Crippen LogP contribution >= 0.6 is 0 Å². The van der Waals surface area contributed by atoms with Crippen molar-refractivity contribution in [2.24, 2.45) is 0 Å². The second-order valence-corrected chi connectivity index (χ2v) is 3.05. The first-order valence-electron chi connectivity index (χ1n) is 4.51. The van der Waals surface area contributed by atoms with Crippen LogP contribution in [-0.4, -0.2) is 56.2 Å². The number of nitrogens with zero attached hydrogens (tertiary/aromatic N) is 1. The molecule has 0 saturated carbocycles. The van der Waals surface area contributed by atoms with E-state index in [0.717, 1.165) is 4.90 Å². The maximum absolute atomic E-state index is 11.0. The Morgan fingerprint density at radius 1 is 1.12 bits per heavy atom. The van der Waals surface area contributed by atoms with Crippen molar-refractivity contribution in [1.82, 2.24) is 4.90 Å². The number of esters is 2. The number of carbonyl (C=O) groups is 3. The SMILES string of the molecule is COC(=O)CN(CC(=O)OC)C(C)C(=O)[O-]. The second kappa shape index (κ2) is 6.78. The molecule has 0 aromatic rings. The number of methoxy groups -OCH3 is 2. The van der Waals surface area contributed by atoms with E-state index in [4.69, 9.17) is 0 Å². The van der Waals surface area contributed by atoms with Crippen molar-refractivity contribution < 1.29 is 29.0 Å². The largest absolute Gasteiger partial charge is 0.548 e. The summed E-state index contributed by atoms with van der Waals surface area (Å²) in [5.41, 5.74) is 0. The third kappa shape index (κ3) is 4.74. The number of carbonyl (C=O) groups excluding carboxylic acids is 3. The van der Waals surface area contributed by atoms with Crippen molar-refractivity contribution in [3.8, 4) is 0 Å². The molecule has 0 aliphatic carbocycles. The van der Waals surface area contributed by atoms with E-state index in [1.807, 2.05) is 0 Å². The standard InChI is InChI=1S/C9H15NO6/c1-6(9(13)14)10(4-7(11)15-2)5-8(12)16-3/h6H,4-5H2,1-3H3,(H,13,14)/p-1. The van der Waals surface area contributed by atoms with Gasteiger partial charge in [0, 0.05) is 6.04 Å². The first-order chi connectivity index (χ1) is 7.42. The average molecular weight is 232 g/mol. The summed E-state index contributed by atoms with van der Waals surface area (Å²) in [4.78, 5) is 33.7. The molecule has 0 rings (SSSR count). The minimum absolute atomic E-state index is 0.319. The van der Waals surface area contributed by atoms with Gasteiger partial charge in [0.05, 0.1) is 33.3 Å². The monoisotopic (exact) mass is 232 g/mol. The summed E-state index contributed by atoms with van der Waals surface area (Å²) in [6, 6.07) is -1.09. The summed E-state index contributed by atoms with van der Waals surface area (Å²) in [6.07, 6.45) is 0. The van der Waals surface area contributed by atoms with Crippen LogP contribution in [0.15, 0.2) is 0 Å². The van der Waals surface area contributed by atoms with Crippen LogP contribution in [0.4, 0.5) is 0 Å². The molecule has 0 aliphatic rings. The molecule has 0 heterocycles. The molecule has 92 valence electrons. The Balaban J connectivity index is 4.55. The molecule has 0 aromatic carbocycles. The maximum atomic E-state index is 11.0. The Morgan fingerprint density at radius 2 is 1.50 bits per heavy atom. The number of hydrogen-bond donors (Lipinski definition) is 0. The Labute approximate surface area is 92.9 Å². The summed E-state index contributed by atoms with van der Waals surface area (Å²) in [5, 5.41) is 10.6. The smallest absolute Gasteiger partial charge is 0.319 e. The molecule has 0 aromatic heterocycles.